The maximum Gasteiger partial charge on any atom is 0.131 e. The van der Waals surface area contributed by atoms with Gasteiger partial charge in [-0.3, -0.25) is 4.68 Å². The molecule has 0 unspecified atom stereocenters. The molecule has 1 aromatic rings. The summed E-state index contributed by atoms with van der Waals surface area (Å²) in [5.41, 5.74) is 2.43. The lowest BCUT2D eigenvalue weighted by molar-refractivity contribution is 0.0633. The number of hydrogen-bond donors (Lipinski definition) is 1. The maximum absolute atomic E-state index is 5.62. The molecule has 5 nitrogen and oxygen atoms in total. The van der Waals surface area contributed by atoms with Crippen molar-refractivity contribution in [3.05, 3.63) is 11.3 Å². The third kappa shape index (κ3) is 2.77. The molecule has 1 saturated heterocycles. The Morgan fingerprint density at radius 1 is 1.42 bits per heavy atom. The molecule has 2 heterocycles. The summed E-state index contributed by atoms with van der Waals surface area (Å²) in [6.45, 7) is 13.0. The average molecular weight is 266 g/mol. The number of rotatable bonds is 4. The molecule has 1 N–H and O–H groups in total. The van der Waals surface area contributed by atoms with E-state index in [1.807, 2.05) is 11.7 Å². The van der Waals surface area contributed by atoms with E-state index in [2.05, 4.69) is 43.0 Å². The summed E-state index contributed by atoms with van der Waals surface area (Å²) >= 11 is 0. The molecule has 0 amide bonds. The Balaban J connectivity index is 2.37. The van der Waals surface area contributed by atoms with Crippen LogP contribution in [0.1, 0.15) is 32.0 Å². The van der Waals surface area contributed by atoms with Crippen molar-refractivity contribution in [1.29, 1.82) is 0 Å². The number of nitrogens with zero attached hydrogens (tertiary/aromatic N) is 3. The minimum Gasteiger partial charge on any atom is -0.377 e. The first-order chi connectivity index (χ1) is 8.97. The fourth-order valence-corrected chi connectivity index (χ4v) is 2.74. The van der Waals surface area contributed by atoms with E-state index in [9.17, 15) is 0 Å². The first-order valence-corrected chi connectivity index (χ1v) is 7.06. The van der Waals surface area contributed by atoms with Crippen LogP contribution in [0, 0.1) is 6.92 Å². The van der Waals surface area contributed by atoms with E-state index in [-0.39, 0.29) is 5.54 Å². The van der Waals surface area contributed by atoms with Crippen LogP contribution in [0.5, 0.6) is 0 Å². The van der Waals surface area contributed by atoms with E-state index in [0.717, 1.165) is 38.5 Å². The Bertz CT molecular complexity index is 439. The molecule has 108 valence electrons. The minimum atomic E-state index is 0.0133. The second-order valence-electron chi connectivity index (χ2n) is 5.81. The van der Waals surface area contributed by atoms with E-state index < -0.39 is 0 Å². The molecule has 5 heteroatoms. The number of aryl methyl sites for hydroxylation is 2. The number of ether oxygens (including phenoxy) is 1. The zero-order valence-corrected chi connectivity index (χ0v) is 12.8. The van der Waals surface area contributed by atoms with Crippen LogP contribution in [-0.2, 0) is 18.3 Å². The van der Waals surface area contributed by atoms with E-state index in [1.165, 1.54) is 11.4 Å². The highest BCUT2D eigenvalue weighted by atomic mass is 16.5. The van der Waals surface area contributed by atoms with Crippen LogP contribution in [0.4, 0.5) is 5.82 Å². The largest absolute Gasteiger partial charge is 0.377 e. The standard InChI is InChI=1S/C14H26N4O/c1-6-15-9-12-11(2)16-17(5)13(12)18-7-8-19-10-14(18,3)4/h15H,6-10H2,1-5H3. The fourth-order valence-electron chi connectivity index (χ4n) is 2.74. The van der Waals surface area contributed by atoms with Gasteiger partial charge in [-0.25, -0.2) is 0 Å². The van der Waals surface area contributed by atoms with Crippen LogP contribution < -0.4 is 10.2 Å². The minimum absolute atomic E-state index is 0.0133. The summed E-state index contributed by atoms with van der Waals surface area (Å²) in [4.78, 5) is 2.43. The van der Waals surface area contributed by atoms with Crippen molar-refractivity contribution in [2.75, 3.05) is 31.2 Å². The van der Waals surface area contributed by atoms with Crippen molar-refractivity contribution < 1.29 is 4.74 Å². The van der Waals surface area contributed by atoms with E-state index in [0.29, 0.717) is 0 Å². The molecule has 0 aliphatic carbocycles. The molecule has 0 radical (unpaired) electrons. The van der Waals surface area contributed by atoms with Crippen molar-refractivity contribution in [1.82, 2.24) is 15.1 Å². The van der Waals surface area contributed by atoms with Gasteiger partial charge in [-0.2, -0.15) is 5.10 Å². The molecule has 1 aliphatic heterocycles. The topological polar surface area (TPSA) is 42.3 Å². The highest BCUT2D eigenvalue weighted by Gasteiger charge is 2.34. The number of nitrogens with one attached hydrogen (secondary N) is 1. The van der Waals surface area contributed by atoms with E-state index >= 15 is 0 Å². The maximum atomic E-state index is 5.62. The molecule has 1 aliphatic rings. The van der Waals surface area contributed by atoms with Gasteiger partial charge in [-0.1, -0.05) is 6.92 Å². The van der Waals surface area contributed by atoms with Crippen molar-refractivity contribution >= 4 is 5.82 Å². The lowest BCUT2D eigenvalue weighted by Crippen LogP contribution is -2.54. The molecule has 0 spiro atoms. The van der Waals surface area contributed by atoms with E-state index in [1.54, 1.807) is 0 Å². The Labute approximate surface area is 115 Å². The molecular formula is C14H26N4O. The monoisotopic (exact) mass is 266 g/mol. The van der Waals surface area contributed by atoms with E-state index in [4.69, 9.17) is 4.74 Å². The second-order valence-corrected chi connectivity index (χ2v) is 5.81. The van der Waals surface area contributed by atoms with Gasteiger partial charge in [-0.05, 0) is 27.3 Å². The number of hydrogen-bond acceptors (Lipinski definition) is 4. The average Bonchev–Trinajstić information content (AvgIpc) is 2.61. The van der Waals surface area contributed by atoms with Crippen LogP contribution in [-0.4, -0.2) is 41.6 Å². The molecule has 0 saturated carbocycles. The predicted molar refractivity (Wildman–Crippen MR) is 77.6 cm³/mol. The molecule has 0 atom stereocenters. The zero-order valence-electron chi connectivity index (χ0n) is 12.8. The summed E-state index contributed by atoms with van der Waals surface area (Å²) < 4.78 is 7.63. The smallest absolute Gasteiger partial charge is 0.131 e. The molecule has 2 rings (SSSR count). The number of morpholine rings is 1. The van der Waals surface area contributed by atoms with Crippen molar-refractivity contribution in [2.24, 2.45) is 7.05 Å². The van der Waals surface area contributed by atoms with Gasteiger partial charge in [0.25, 0.3) is 0 Å². The van der Waals surface area contributed by atoms with Gasteiger partial charge < -0.3 is 15.0 Å². The van der Waals surface area contributed by atoms with Gasteiger partial charge in [0, 0.05) is 25.7 Å². The Hall–Kier alpha value is -1.07. The first kappa shape index (κ1) is 14.3. The van der Waals surface area contributed by atoms with Crippen molar-refractivity contribution in [3.8, 4) is 0 Å². The van der Waals surface area contributed by atoms with Gasteiger partial charge in [0.1, 0.15) is 5.82 Å². The molecular weight excluding hydrogens is 240 g/mol. The van der Waals surface area contributed by atoms with Crippen molar-refractivity contribution in [2.45, 2.75) is 39.8 Å². The molecule has 0 bridgehead atoms. The Morgan fingerprint density at radius 2 is 2.16 bits per heavy atom. The number of anilines is 1. The van der Waals surface area contributed by atoms with Crippen LogP contribution >= 0.6 is 0 Å². The van der Waals surface area contributed by atoms with Gasteiger partial charge in [0.2, 0.25) is 0 Å². The van der Waals surface area contributed by atoms with Gasteiger partial charge in [0.15, 0.2) is 0 Å². The normalized spacial score (nSPS) is 18.9. The highest BCUT2D eigenvalue weighted by Crippen LogP contribution is 2.31. The summed E-state index contributed by atoms with van der Waals surface area (Å²) in [6, 6.07) is 0. The Kier molecular flexibility index (Phi) is 4.16. The van der Waals surface area contributed by atoms with Crippen LogP contribution in [0.15, 0.2) is 0 Å². The lowest BCUT2D eigenvalue weighted by atomic mass is 10.0. The Morgan fingerprint density at radius 3 is 2.79 bits per heavy atom. The van der Waals surface area contributed by atoms with Crippen LogP contribution in [0.3, 0.4) is 0 Å². The van der Waals surface area contributed by atoms with Crippen LogP contribution in [0.2, 0.25) is 0 Å². The van der Waals surface area contributed by atoms with Crippen molar-refractivity contribution in [3.63, 3.8) is 0 Å². The summed E-state index contributed by atoms with van der Waals surface area (Å²) in [6.07, 6.45) is 0. The zero-order chi connectivity index (χ0) is 14.0. The second kappa shape index (κ2) is 5.51. The predicted octanol–water partition coefficient (Wildman–Crippen LogP) is 1.45. The first-order valence-electron chi connectivity index (χ1n) is 7.06. The third-order valence-corrected chi connectivity index (χ3v) is 3.77. The molecule has 19 heavy (non-hydrogen) atoms. The molecule has 1 aromatic heterocycles. The summed E-state index contributed by atoms with van der Waals surface area (Å²) in [5.74, 6) is 1.23. The summed E-state index contributed by atoms with van der Waals surface area (Å²) in [5, 5.41) is 8.01. The molecule has 0 aromatic carbocycles. The SMILES string of the molecule is CCNCc1c(C)nn(C)c1N1CCOCC1(C)C. The summed E-state index contributed by atoms with van der Waals surface area (Å²) in [7, 11) is 2.03. The third-order valence-electron chi connectivity index (χ3n) is 3.77. The fraction of sp³-hybridized carbons (Fsp3) is 0.786. The van der Waals surface area contributed by atoms with Gasteiger partial charge >= 0.3 is 0 Å². The highest BCUT2D eigenvalue weighted by molar-refractivity contribution is 5.52. The molecule has 1 fully saturated rings. The van der Waals surface area contributed by atoms with Crippen LogP contribution in [0.25, 0.3) is 0 Å². The van der Waals surface area contributed by atoms with Gasteiger partial charge in [0.05, 0.1) is 24.4 Å². The quantitative estimate of drug-likeness (QED) is 0.896. The van der Waals surface area contributed by atoms with Gasteiger partial charge in [-0.15, -0.1) is 0 Å². The number of aromatic nitrogens is 2. The lowest BCUT2D eigenvalue weighted by Gasteiger charge is -2.43.